The first kappa shape index (κ1) is 12.6. The number of thioether (sulfide) groups is 1. The fraction of sp³-hybridized carbons (Fsp3) is 0.333. The summed E-state index contributed by atoms with van der Waals surface area (Å²) in [5.74, 6) is 0.792. The van der Waals surface area contributed by atoms with Gasteiger partial charge in [-0.05, 0) is 12.1 Å². The largest absolute Gasteiger partial charge is 0.246 e. The molecular weight excluding hydrogens is 282 g/mol. The summed E-state index contributed by atoms with van der Waals surface area (Å²) in [5, 5.41) is 9.12. The Labute approximate surface area is 108 Å². The lowest BCUT2D eigenvalue weighted by molar-refractivity contribution is 0.449. The molecule has 0 N–H and O–H groups in total. The minimum absolute atomic E-state index is 0.0599. The Balaban J connectivity index is 2.37. The number of pyridine rings is 1. The van der Waals surface area contributed by atoms with E-state index in [1.165, 1.54) is 34.4 Å². The molecule has 0 amide bonds. The minimum Gasteiger partial charge on any atom is -0.243 e. The first-order valence-electron chi connectivity index (χ1n) is 4.66. The first-order valence-corrected chi connectivity index (χ1v) is 7.64. The zero-order valence-corrected chi connectivity index (χ0v) is 11.0. The minimum atomic E-state index is -3.65. The second kappa shape index (κ2) is 4.82. The van der Waals surface area contributed by atoms with Crippen LogP contribution in [0.5, 0.6) is 0 Å². The Morgan fingerprint density at radius 2 is 2.35 bits per heavy atom. The van der Waals surface area contributed by atoms with Crippen LogP contribution in [0.3, 0.4) is 0 Å². The van der Waals surface area contributed by atoms with Gasteiger partial charge in [0.2, 0.25) is 10.0 Å². The van der Waals surface area contributed by atoms with Gasteiger partial charge in [0.05, 0.1) is 11.9 Å². The van der Waals surface area contributed by atoms with Crippen molar-refractivity contribution in [2.45, 2.75) is 10.9 Å². The standard InChI is InChI=1S/C9H8ClN3O2S2/c10-9-2-1-8(4-12-9)17(14,15)13-6-16-5-7(13)3-11/h1-2,4,7H,5-6H2/t7-/m1/s1. The van der Waals surface area contributed by atoms with Crippen LogP contribution >= 0.6 is 23.4 Å². The Hall–Kier alpha value is -0.810. The predicted octanol–water partition coefficient (Wildman–Crippen LogP) is 1.32. The van der Waals surface area contributed by atoms with Crippen molar-refractivity contribution in [2.24, 2.45) is 0 Å². The van der Waals surface area contributed by atoms with Gasteiger partial charge in [-0.1, -0.05) is 11.6 Å². The molecule has 1 aliphatic heterocycles. The van der Waals surface area contributed by atoms with Crippen LogP contribution in [0.1, 0.15) is 0 Å². The smallest absolute Gasteiger partial charge is 0.243 e. The lowest BCUT2D eigenvalue weighted by Crippen LogP contribution is -2.35. The van der Waals surface area contributed by atoms with Crippen molar-refractivity contribution in [2.75, 3.05) is 11.6 Å². The molecule has 2 heterocycles. The summed E-state index contributed by atoms with van der Waals surface area (Å²) in [6, 6.07) is 4.18. The number of aromatic nitrogens is 1. The van der Waals surface area contributed by atoms with E-state index >= 15 is 0 Å². The fourth-order valence-corrected chi connectivity index (χ4v) is 4.50. The van der Waals surface area contributed by atoms with Gasteiger partial charge in [-0.15, -0.1) is 11.8 Å². The van der Waals surface area contributed by atoms with Crippen LogP contribution in [0.15, 0.2) is 23.2 Å². The van der Waals surface area contributed by atoms with Crippen LogP contribution in [-0.4, -0.2) is 35.4 Å². The summed E-state index contributed by atoms with van der Waals surface area (Å²) in [6.07, 6.45) is 1.20. The molecule has 5 nitrogen and oxygen atoms in total. The van der Waals surface area contributed by atoms with E-state index in [0.717, 1.165) is 0 Å². The summed E-state index contributed by atoms with van der Waals surface area (Å²) in [4.78, 5) is 3.80. The highest BCUT2D eigenvalue weighted by Crippen LogP contribution is 2.27. The van der Waals surface area contributed by atoms with Gasteiger partial charge in [-0.3, -0.25) is 0 Å². The van der Waals surface area contributed by atoms with Gasteiger partial charge in [0, 0.05) is 11.9 Å². The summed E-state index contributed by atoms with van der Waals surface area (Å²) >= 11 is 7.02. The number of rotatable bonds is 2. The van der Waals surface area contributed by atoms with Crippen molar-refractivity contribution in [3.05, 3.63) is 23.5 Å². The SMILES string of the molecule is N#C[C@@H]1CSCN1S(=O)(=O)c1ccc(Cl)nc1. The average Bonchev–Trinajstić information content (AvgIpc) is 2.78. The van der Waals surface area contributed by atoms with Gasteiger partial charge in [0.1, 0.15) is 16.1 Å². The highest BCUT2D eigenvalue weighted by molar-refractivity contribution is 8.00. The second-order valence-electron chi connectivity index (χ2n) is 3.35. The fourth-order valence-electron chi connectivity index (χ4n) is 1.42. The van der Waals surface area contributed by atoms with Crippen LogP contribution in [0, 0.1) is 11.3 Å². The Morgan fingerprint density at radius 3 is 2.94 bits per heavy atom. The molecule has 0 saturated carbocycles. The van der Waals surface area contributed by atoms with E-state index in [1.807, 2.05) is 6.07 Å². The molecule has 90 valence electrons. The summed E-state index contributed by atoms with van der Waals surface area (Å²) < 4.78 is 25.6. The van der Waals surface area contributed by atoms with Crippen molar-refractivity contribution in [3.8, 4) is 6.07 Å². The normalized spacial score (nSPS) is 21.3. The molecule has 1 aliphatic rings. The van der Waals surface area contributed by atoms with E-state index in [2.05, 4.69) is 4.98 Å². The highest BCUT2D eigenvalue weighted by atomic mass is 35.5. The molecule has 2 rings (SSSR count). The molecule has 8 heteroatoms. The van der Waals surface area contributed by atoms with Crippen LogP contribution in [0.25, 0.3) is 0 Å². The van der Waals surface area contributed by atoms with Gasteiger partial charge in [0.15, 0.2) is 0 Å². The number of nitriles is 1. The molecule has 0 aromatic carbocycles. The number of hydrogen-bond donors (Lipinski definition) is 0. The Morgan fingerprint density at radius 1 is 1.59 bits per heavy atom. The average molecular weight is 290 g/mol. The van der Waals surface area contributed by atoms with Gasteiger partial charge >= 0.3 is 0 Å². The predicted molar refractivity (Wildman–Crippen MR) is 65.0 cm³/mol. The molecular formula is C9H8ClN3O2S2. The monoisotopic (exact) mass is 289 g/mol. The third-order valence-corrected chi connectivity index (χ3v) is 5.54. The third-order valence-electron chi connectivity index (χ3n) is 2.30. The van der Waals surface area contributed by atoms with E-state index in [9.17, 15) is 8.42 Å². The molecule has 0 bridgehead atoms. The van der Waals surface area contributed by atoms with E-state index in [0.29, 0.717) is 11.6 Å². The first-order chi connectivity index (χ1) is 8.05. The van der Waals surface area contributed by atoms with E-state index < -0.39 is 16.1 Å². The Bertz CT molecular complexity index is 553. The molecule has 0 radical (unpaired) electrons. The molecule has 1 fully saturated rings. The van der Waals surface area contributed by atoms with E-state index in [4.69, 9.17) is 16.9 Å². The molecule has 0 aliphatic carbocycles. The molecule has 1 aromatic rings. The lowest BCUT2D eigenvalue weighted by Gasteiger charge is -2.17. The molecule has 17 heavy (non-hydrogen) atoms. The zero-order valence-electron chi connectivity index (χ0n) is 8.58. The summed E-state index contributed by atoms with van der Waals surface area (Å²) in [7, 11) is -3.65. The summed E-state index contributed by atoms with van der Waals surface area (Å²) in [5.41, 5.74) is 0. The number of halogens is 1. The summed E-state index contributed by atoms with van der Waals surface area (Å²) in [6.45, 7) is 0. The van der Waals surface area contributed by atoms with Crippen molar-refractivity contribution < 1.29 is 8.42 Å². The number of sulfonamides is 1. The quantitative estimate of drug-likeness (QED) is 0.768. The highest BCUT2D eigenvalue weighted by Gasteiger charge is 2.36. The Kier molecular flexibility index (Phi) is 3.58. The van der Waals surface area contributed by atoms with Gasteiger partial charge in [0.25, 0.3) is 0 Å². The maximum absolute atomic E-state index is 12.2. The number of hydrogen-bond acceptors (Lipinski definition) is 5. The van der Waals surface area contributed by atoms with Gasteiger partial charge in [-0.2, -0.15) is 9.57 Å². The maximum atomic E-state index is 12.2. The maximum Gasteiger partial charge on any atom is 0.246 e. The van der Waals surface area contributed by atoms with Crippen molar-refractivity contribution in [3.63, 3.8) is 0 Å². The molecule has 1 aromatic heterocycles. The van der Waals surface area contributed by atoms with Gasteiger partial charge in [-0.25, -0.2) is 13.4 Å². The molecule has 0 spiro atoms. The van der Waals surface area contributed by atoms with Gasteiger partial charge < -0.3 is 0 Å². The zero-order chi connectivity index (χ0) is 12.5. The number of nitrogens with zero attached hydrogens (tertiary/aromatic N) is 3. The van der Waals surface area contributed by atoms with Crippen LogP contribution < -0.4 is 0 Å². The molecule has 1 atom stereocenters. The van der Waals surface area contributed by atoms with Crippen LogP contribution in [-0.2, 0) is 10.0 Å². The van der Waals surface area contributed by atoms with Crippen molar-refractivity contribution >= 4 is 33.4 Å². The lowest BCUT2D eigenvalue weighted by atomic mass is 10.4. The molecule has 1 saturated heterocycles. The van der Waals surface area contributed by atoms with Crippen molar-refractivity contribution in [1.82, 2.24) is 9.29 Å². The van der Waals surface area contributed by atoms with E-state index in [-0.39, 0.29) is 10.0 Å². The molecule has 0 unspecified atom stereocenters. The van der Waals surface area contributed by atoms with E-state index in [1.54, 1.807) is 0 Å². The van der Waals surface area contributed by atoms with Crippen LogP contribution in [0.4, 0.5) is 0 Å². The van der Waals surface area contributed by atoms with Crippen molar-refractivity contribution in [1.29, 1.82) is 5.26 Å². The van der Waals surface area contributed by atoms with Crippen LogP contribution in [0.2, 0.25) is 5.15 Å². The topological polar surface area (TPSA) is 74.1 Å². The second-order valence-corrected chi connectivity index (χ2v) is 6.63. The third kappa shape index (κ3) is 2.40.